The monoisotopic (exact) mass is 320 g/mol. The number of hydrogen-bond acceptors (Lipinski definition) is 6. The third kappa shape index (κ3) is 3.20. The second-order valence-electron chi connectivity index (χ2n) is 5.86. The number of rotatable bonds is 4. The van der Waals surface area contributed by atoms with Crippen molar-refractivity contribution < 1.29 is 19.1 Å². The van der Waals surface area contributed by atoms with Crippen LogP contribution in [0.25, 0.3) is 0 Å². The van der Waals surface area contributed by atoms with Gasteiger partial charge in [0.2, 0.25) is 11.8 Å². The van der Waals surface area contributed by atoms with Gasteiger partial charge in [0.05, 0.1) is 19.6 Å². The van der Waals surface area contributed by atoms with Crippen molar-refractivity contribution in [2.75, 3.05) is 33.8 Å². The van der Waals surface area contributed by atoms with Gasteiger partial charge < -0.3 is 19.3 Å². The van der Waals surface area contributed by atoms with E-state index in [9.17, 15) is 9.59 Å². The number of nitrogens with zero attached hydrogens (tertiary/aromatic N) is 4. The third-order valence-electron chi connectivity index (χ3n) is 4.25. The summed E-state index contributed by atoms with van der Waals surface area (Å²) in [5.74, 6) is 0.488. The highest BCUT2D eigenvalue weighted by Crippen LogP contribution is 2.26. The minimum atomic E-state index is -0.239. The molecular formula is C15H20N4O4. The first-order chi connectivity index (χ1) is 11.1. The van der Waals surface area contributed by atoms with Crippen LogP contribution in [0.5, 0.6) is 11.8 Å². The summed E-state index contributed by atoms with van der Waals surface area (Å²) in [5, 5.41) is 0. The van der Waals surface area contributed by atoms with Crippen LogP contribution in [-0.4, -0.2) is 71.5 Å². The second kappa shape index (κ2) is 6.39. The summed E-state index contributed by atoms with van der Waals surface area (Å²) in [6.45, 7) is 1.62. The Morgan fingerprint density at radius 3 is 2.65 bits per heavy atom. The van der Waals surface area contributed by atoms with Gasteiger partial charge in [-0.1, -0.05) is 0 Å². The average Bonchev–Trinajstić information content (AvgIpc) is 3.15. The van der Waals surface area contributed by atoms with Gasteiger partial charge in [0.25, 0.3) is 11.8 Å². The molecular weight excluding hydrogens is 300 g/mol. The van der Waals surface area contributed by atoms with Crippen molar-refractivity contribution in [3.8, 4) is 11.8 Å². The van der Waals surface area contributed by atoms with Crippen molar-refractivity contribution in [2.45, 2.75) is 18.9 Å². The van der Waals surface area contributed by atoms with Crippen molar-refractivity contribution >= 4 is 11.8 Å². The van der Waals surface area contributed by atoms with E-state index in [4.69, 9.17) is 9.47 Å². The van der Waals surface area contributed by atoms with Gasteiger partial charge >= 0.3 is 0 Å². The smallest absolute Gasteiger partial charge is 0.278 e. The molecule has 2 amide bonds. The van der Waals surface area contributed by atoms with Crippen LogP contribution < -0.4 is 9.47 Å². The maximum Gasteiger partial charge on any atom is 0.278 e. The van der Waals surface area contributed by atoms with E-state index in [1.807, 2.05) is 0 Å². The van der Waals surface area contributed by atoms with E-state index in [-0.39, 0.29) is 23.8 Å². The van der Waals surface area contributed by atoms with Gasteiger partial charge in [-0.05, 0) is 0 Å². The Morgan fingerprint density at radius 2 is 2.00 bits per heavy atom. The van der Waals surface area contributed by atoms with Crippen molar-refractivity contribution in [2.24, 2.45) is 5.92 Å². The zero-order valence-electron chi connectivity index (χ0n) is 13.3. The van der Waals surface area contributed by atoms with Crippen molar-refractivity contribution in [1.82, 2.24) is 19.8 Å². The van der Waals surface area contributed by atoms with Crippen LogP contribution in [0.2, 0.25) is 0 Å². The van der Waals surface area contributed by atoms with Crippen LogP contribution in [0.1, 0.15) is 12.8 Å². The molecule has 0 aliphatic carbocycles. The van der Waals surface area contributed by atoms with Gasteiger partial charge in [-0.15, -0.1) is 0 Å². The normalized spacial score (nSPS) is 24.2. The first-order valence-corrected chi connectivity index (χ1v) is 7.63. The van der Waals surface area contributed by atoms with Crippen LogP contribution in [0.3, 0.4) is 0 Å². The Labute approximate surface area is 134 Å². The molecule has 2 aliphatic heterocycles. The molecule has 0 radical (unpaired) electrons. The highest BCUT2D eigenvalue weighted by atomic mass is 16.5. The summed E-state index contributed by atoms with van der Waals surface area (Å²) in [4.78, 5) is 35.6. The molecule has 8 nitrogen and oxygen atoms in total. The molecule has 0 aromatic carbocycles. The van der Waals surface area contributed by atoms with Gasteiger partial charge in [-0.25, -0.2) is 9.97 Å². The molecule has 0 saturated carbocycles. The molecule has 2 aliphatic rings. The number of methoxy groups -OCH3 is 1. The molecule has 124 valence electrons. The summed E-state index contributed by atoms with van der Waals surface area (Å²) in [5.41, 5.74) is 0. The zero-order chi connectivity index (χ0) is 16.4. The van der Waals surface area contributed by atoms with Crippen LogP contribution in [0, 0.1) is 5.92 Å². The van der Waals surface area contributed by atoms with E-state index in [1.165, 1.54) is 19.5 Å². The van der Waals surface area contributed by atoms with Crippen molar-refractivity contribution in [3.05, 3.63) is 12.4 Å². The van der Waals surface area contributed by atoms with Gasteiger partial charge in [0.15, 0.2) is 0 Å². The largest absolute Gasteiger partial charge is 0.477 e. The summed E-state index contributed by atoms with van der Waals surface area (Å²) >= 11 is 0. The minimum absolute atomic E-state index is 0.0274. The van der Waals surface area contributed by atoms with E-state index in [0.717, 1.165) is 6.42 Å². The molecule has 1 aromatic rings. The third-order valence-corrected chi connectivity index (χ3v) is 4.25. The summed E-state index contributed by atoms with van der Waals surface area (Å²) in [7, 11) is 3.24. The summed E-state index contributed by atoms with van der Waals surface area (Å²) < 4.78 is 10.9. The molecule has 0 bridgehead atoms. The van der Waals surface area contributed by atoms with Crippen molar-refractivity contribution in [1.29, 1.82) is 0 Å². The van der Waals surface area contributed by atoms with Gasteiger partial charge in [0, 0.05) is 45.4 Å². The Morgan fingerprint density at radius 1 is 1.26 bits per heavy atom. The van der Waals surface area contributed by atoms with Crippen LogP contribution >= 0.6 is 0 Å². The lowest BCUT2D eigenvalue weighted by atomic mass is 10.1. The number of carbonyl (C=O) groups excluding carboxylic acids is 2. The number of hydrogen-bond donors (Lipinski definition) is 0. The maximum absolute atomic E-state index is 12.5. The number of aromatic nitrogens is 2. The lowest BCUT2D eigenvalue weighted by molar-refractivity contribution is -0.135. The fraction of sp³-hybridized carbons (Fsp3) is 0.600. The highest BCUT2D eigenvalue weighted by Gasteiger charge is 2.37. The Bertz CT molecular complexity index is 609. The Balaban J connectivity index is 1.58. The molecule has 2 atom stereocenters. The van der Waals surface area contributed by atoms with E-state index in [0.29, 0.717) is 37.8 Å². The quantitative estimate of drug-likeness (QED) is 0.773. The van der Waals surface area contributed by atoms with Gasteiger partial charge in [-0.3, -0.25) is 9.59 Å². The van der Waals surface area contributed by atoms with Crippen LogP contribution in [0.15, 0.2) is 12.4 Å². The highest BCUT2D eigenvalue weighted by molar-refractivity contribution is 5.89. The molecule has 1 aromatic heterocycles. The predicted octanol–water partition coefficient (Wildman–Crippen LogP) is -0.0568. The minimum Gasteiger partial charge on any atom is -0.477 e. The molecule has 2 saturated heterocycles. The number of ether oxygens (including phenoxy) is 2. The van der Waals surface area contributed by atoms with E-state index < -0.39 is 0 Å². The Kier molecular flexibility index (Phi) is 4.31. The zero-order valence-corrected chi connectivity index (χ0v) is 13.3. The molecule has 0 unspecified atom stereocenters. The lowest BCUT2D eigenvalue weighted by Crippen LogP contribution is -2.36. The number of likely N-dealkylation sites (tertiary alicyclic amines) is 2. The molecule has 0 N–H and O–H groups in total. The standard InChI is InChI=1S/C15H20N4O4/c1-18-8-10(7-12(18)20)15(21)19-6-3-11(9-19)23-14-13(22-2)16-4-5-17-14/h4-5,10-11H,3,6-9H2,1-2H3/t10-,11-/m1/s1. The van der Waals surface area contributed by atoms with Gasteiger partial charge in [0.1, 0.15) is 6.10 Å². The second-order valence-corrected chi connectivity index (χ2v) is 5.86. The summed E-state index contributed by atoms with van der Waals surface area (Å²) in [6, 6.07) is 0. The predicted molar refractivity (Wildman–Crippen MR) is 79.9 cm³/mol. The van der Waals surface area contributed by atoms with Crippen LogP contribution in [-0.2, 0) is 9.59 Å². The van der Waals surface area contributed by atoms with Gasteiger partial charge in [-0.2, -0.15) is 0 Å². The van der Waals surface area contributed by atoms with E-state index in [1.54, 1.807) is 16.8 Å². The lowest BCUT2D eigenvalue weighted by Gasteiger charge is -2.20. The van der Waals surface area contributed by atoms with Crippen molar-refractivity contribution in [3.63, 3.8) is 0 Å². The molecule has 8 heteroatoms. The fourth-order valence-corrected chi connectivity index (χ4v) is 3.00. The first-order valence-electron chi connectivity index (χ1n) is 7.63. The summed E-state index contributed by atoms with van der Waals surface area (Å²) in [6.07, 6.45) is 3.95. The number of amides is 2. The molecule has 23 heavy (non-hydrogen) atoms. The Hall–Kier alpha value is -2.38. The molecule has 3 heterocycles. The molecule has 3 rings (SSSR count). The van der Waals surface area contributed by atoms with E-state index >= 15 is 0 Å². The fourth-order valence-electron chi connectivity index (χ4n) is 3.00. The first kappa shape index (κ1) is 15.5. The average molecular weight is 320 g/mol. The van der Waals surface area contributed by atoms with Crippen LogP contribution in [0.4, 0.5) is 0 Å². The van der Waals surface area contributed by atoms with E-state index in [2.05, 4.69) is 9.97 Å². The maximum atomic E-state index is 12.5. The SMILES string of the molecule is COc1nccnc1O[C@@H]1CCN(C(=O)[C@@H]2CC(=O)N(C)C2)C1. The topological polar surface area (TPSA) is 84.9 Å². The number of carbonyl (C=O) groups is 2. The molecule has 0 spiro atoms. The molecule has 2 fully saturated rings.